The molecule has 0 aliphatic carbocycles. The Morgan fingerprint density at radius 1 is 1.50 bits per heavy atom. The van der Waals surface area contributed by atoms with Crippen LogP contribution in [-0.4, -0.2) is 40.9 Å². The Bertz CT molecular complexity index is 126. The third kappa shape index (κ3) is 11.6. The second kappa shape index (κ2) is 15.1. The number of aliphatic hydroxyl groups is 1. The SMILES string of the molecule is CCCNC(CCO)C(=O)O.Cl.N.O. The lowest BCUT2D eigenvalue weighted by Gasteiger charge is -2.11. The van der Waals surface area contributed by atoms with Crippen LogP contribution in [0.3, 0.4) is 0 Å². The largest absolute Gasteiger partial charge is 0.480 e. The van der Waals surface area contributed by atoms with E-state index in [1.54, 1.807) is 0 Å². The minimum absolute atomic E-state index is 0. The third-order valence-electron chi connectivity index (χ3n) is 1.36. The van der Waals surface area contributed by atoms with E-state index in [2.05, 4.69) is 5.32 Å². The Hall–Kier alpha value is -0.400. The molecule has 0 amide bonds. The fourth-order valence-electron chi connectivity index (χ4n) is 0.761. The Kier molecular flexibility index (Phi) is 25.3. The Morgan fingerprint density at radius 3 is 2.29 bits per heavy atom. The van der Waals surface area contributed by atoms with Gasteiger partial charge in [-0.1, -0.05) is 6.92 Å². The molecule has 0 saturated carbocycles. The molecule has 90 valence electrons. The molecular weight excluding hydrogens is 212 g/mol. The van der Waals surface area contributed by atoms with Crippen molar-refractivity contribution < 1.29 is 20.5 Å². The fourth-order valence-corrected chi connectivity index (χ4v) is 0.761. The van der Waals surface area contributed by atoms with Crippen molar-refractivity contribution in [1.82, 2.24) is 11.5 Å². The van der Waals surface area contributed by atoms with Crippen molar-refractivity contribution in [3.05, 3.63) is 0 Å². The molecule has 0 heterocycles. The van der Waals surface area contributed by atoms with E-state index in [1.807, 2.05) is 6.92 Å². The van der Waals surface area contributed by atoms with Gasteiger partial charge in [-0.05, 0) is 19.4 Å². The molecule has 0 spiro atoms. The van der Waals surface area contributed by atoms with Crippen LogP contribution in [0.2, 0.25) is 0 Å². The van der Waals surface area contributed by atoms with Gasteiger partial charge >= 0.3 is 5.97 Å². The van der Waals surface area contributed by atoms with Crippen LogP contribution in [0.25, 0.3) is 0 Å². The first-order valence-corrected chi connectivity index (χ1v) is 3.79. The molecule has 0 radical (unpaired) electrons. The summed E-state index contributed by atoms with van der Waals surface area (Å²) in [5.41, 5.74) is 0. The molecule has 0 aliphatic rings. The van der Waals surface area contributed by atoms with E-state index < -0.39 is 12.0 Å². The van der Waals surface area contributed by atoms with Gasteiger partial charge in [-0.3, -0.25) is 4.79 Å². The second-order valence-electron chi connectivity index (χ2n) is 2.36. The van der Waals surface area contributed by atoms with Crippen LogP contribution in [0.1, 0.15) is 19.8 Å². The lowest BCUT2D eigenvalue weighted by atomic mass is 10.2. The second-order valence-corrected chi connectivity index (χ2v) is 2.36. The predicted molar refractivity (Wildman–Crippen MR) is 57.3 cm³/mol. The molecule has 0 rings (SSSR count). The summed E-state index contributed by atoms with van der Waals surface area (Å²) in [6, 6.07) is -0.597. The average Bonchev–Trinajstić information content (AvgIpc) is 1.97. The number of aliphatic carboxylic acids is 1. The zero-order valence-electron chi connectivity index (χ0n) is 8.32. The van der Waals surface area contributed by atoms with Gasteiger partial charge in [-0.2, -0.15) is 0 Å². The number of rotatable bonds is 6. The number of hydrogen-bond acceptors (Lipinski definition) is 4. The zero-order valence-corrected chi connectivity index (χ0v) is 9.14. The average molecular weight is 233 g/mol. The summed E-state index contributed by atoms with van der Waals surface area (Å²) in [7, 11) is 0. The summed E-state index contributed by atoms with van der Waals surface area (Å²) >= 11 is 0. The lowest BCUT2D eigenvalue weighted by Crippen LogP contribution is -2.37. The molecule has 0 aromatic heterocycles. The Balaban J connectivity index is -0.000000167. The van der Waals surface area contributed by atoms with Crippen molar-refractivity contribution in [2.45, 2.75) is 25.8 Å². The van der Waals surface area contributed by atoms with Crippen LogP contribution in [0, 0.1) is 0 Å². The van der Waals surface area contributed by atoms with Gasteiger partial charge in [0.25, 0.3) is 0 Å². The van der Waals surface area contributed by atoms with Gasteiger partial charge < -0.3 is 27.2 Å². The molecule has 0 aromatic rings. The molecule has 8 N–H and O–H groups in total. The highest BCUT2D eigenvalue weighted by molar-refractivity contribution is 5.85. The summed E-state index contributed by atoms with van der Waals surface area (Å²) in [5, 5.41) is 19.8. The molecule has 6 nitrogen and oxygen atoms in total. The number of carboxylic acid groups (broad SMARTS) is 1. The third-order valence-corrected chi connectivity index (χ3v) is 1.36. The van der Waals surface area contributed by atoms with Gasteiger partial charge in [0.05, 0.1) is 0 Å². The number of carboxylic acids is 1. The van der Waals surface area contributed by atoms with Gasteiger partial charge in [-0.15, -0.1) is 12.4 Å². The first-order valence-electron chi connectivity index (χ1n) is 3.79. The van der Waals surface area contributed by atoms with Crippen molar-refractivity contribution in [3.8, 4) is 0 Å². The number of hydrogen-bond donors (Lipinski definition) is 4. The van der Waals surface area contributed by atoms with E-state index in [0.29, 0.717) is 6.54 Å². The quantitative estimate of drug-likeness (QED) is 0.493. The highest BCUT2D eigenvalue weighted by Gasteiger charge is 2.14. The van der Waals surface area contributed by atoms with Crippen molar-refractivity contribution in [2.24, 2.45) is 0 Å². The lowest BCUT2D eigenvalue weighted by molar-refractivity contribution is -0.139. The minimum Gasteiger partial charge on any atom is -0.480 e. The molecule has 14 heavy (non-hydrogen) atoms. The van der Waals surface area contributed by atoms with E-state index in [0.717, 1.165) is 6.42 Å². The summed E-state index contributed by atoms with van der Waals surface area (Å²) < 4.78 is 0. The molecule has 0 bridgehead atoms. The first kappa shape index (κ1) is 23.4. The normalized spacial score (nSPS) is 10.1. The topological polar surface area (TPSA) is 136 Å². The summed E-state index contributed by atoms with van der Waals surface area (Å²) in [6.07, 6.45) is 1.17. The maximum Gasteiger partial charge on any atom is 0.320 e. The minimum atomic E-state index is -0.896. The molecule has 0 fully saturated rings. The molecule has 7 heteroatoms. The van der Waals surface area contributed by atoms with Crippen LogP contribution in [0.15, 0.2) is 0 Å². The van der Waals surface area contributed by atoms with Crippen molar-refractivity contribution in [3.63, 3.8) is 0 Å². The number of aliphatic hydroxyl groups excluding tert-OH is 1. The summed E-state index contributed by atoms with van der Waals surface area (Å²) in [5.74, 6) is -0.896. The summed E-state index contributed by atoms with van der Waals surface area (Å²) in [4.78, 5) is 10.4. The van der Waals surface area contributed by atoms with E-state index in [4.69, 9.17) is 10.2 Å². The molecule has 0 aromatic carbocycles. The Morgan fingerprint density at radius 2 is 2.00 bits per heavy atom. The van der Waals surface area contributed by atoms with Crippen LogP contribution >= 0.6 is 12.4 Å². The zero-order chi connectivity index (χ0) is 8.69. The van der Waals surface area contributed by atoms with Crippen molar-refractivity contribution in [2.75, 3.05) is 13.2 Å². The molecule has 0 aliphatic heterocycles. The highest BCUT2D eigenvalue weighted by Crippen LogP contribution is 1.90. The Labute approximate surface area is 90.0 Å². The van der Waals surface area contributed by atoms with E-state index in [-0.39, 0.29) is 37.1 Å². The van der Waals surface area contributed by atoms with E-state index >= 15 is 0 Å². The number of carbonyl (C=O) groups is 1. The maximum absolute atomic E-state index is 10.4. The highest BCUT2D eigenvalue weighted by atomic mass is 35.5. The van der Waals surface area contributed by atoms with Gasteiger partial charge in [0, 0.05) is 6.61 Å². The van der Waals surface area contributed by atoms with E-state index in [1.165, 1.54) is 0 Å². The maximum atomic E-state index is 10.4. The predicted octanol–water partition coefficient (Wildman–Crippen LogP) is -0.419. The van der Waals surface area contributed by atoms with Crippen LogP contribution in [0.5, 0.6) is 0 Å². The smallest absolute Gasteiger partial charge is 0.320 e. The van der Waals surface area contributed by atoms with Gasteiger partial charge in [0.15, 0.2) is 0 Å². The van der Waals surface area contributed by atoms with Crippen molar-refractivity contribution in [1.29, 1.82) is 0 Å². The molecular formula is C7H21ClN2O4. The van der Waals surface area contributed by atoms with Gasteiger partial charge in [0.1, 0.15) is 6.04 Å². The monoisotopic (exact) mass is 232 g/mol. The van der Waals surface area contributed by atoms with Crippen LogP contribution < -0.4 is 11.5 Å². The summed E-state index contributed by atoms with van der Waals surface area (Å²) in [6.45, 7) is 2.55. The number of nitrogens with one attached hydrogen (secondary N) is 1. The fraction of sp³-hybridized carbons (Fsp3) is 0.857. The number of halogens is 1. The first-order chi connectivity index (χ1) is 5.22. The van der Waals surface area contributed by atoms with E-state index in [9.17, 15) is 4.79 Å². The van der Waals surface area contributed by atoms with Crippen LogP contribution in [-0.2, 0) is 4.79 Å². The van der Waals surface area contributed by atoms with Crippen LogP contribution in [0.4, 0.5) is 0 Å². The van der Waals surface area contributed by atoms with Crippen molar-refractivity contribution >= 4 is 18.4 Å². The van der Waals surface area contributed by atoms with Gasteiger partial charge in [-0.25, -0.2) is 0 Å². The molecule has 1 atom stereocenters. The molecule has 0 saturated heterocycles. The standard InChI is InChI=1S/C7H15NO3.ClH.H3N.H2O/c1-2-4-8-6(3-5-9)7(10)11;;;/h6,8-9H,2-5H2,1H3,(H,10,11);1H;1H3;1H2. The molecule has 1 unspecified atom stereocenters. The van der Waals surface area contributed by atoms with Gasteiger partial charge in [0.2, 0.25) is 0 Å².